The fourth-order valence-electron chi connectivity index (χ4n) is 2.01. The molecular weight excluding hydrogens is 255 g/mol. The molecule has 20 heavy (non-hydrogen) atoms. The molecule has 0 aliphatic rings. The molecule has 5 heteroatoms. The van der Waals surface area contributed by atoms with E-state index >= 15 is 0 Å². The Morgan fingerprint density at radius 3 is 2.60 bits per heavy atom. The van der Waals surface area contributed by atoms with Crippen molar-refractivity contribution >= 4 is 5.69 Å². The van der Waals surface area contributed by atoms with Gasteiger partial charge in [0.15, 0.2) is 0 Å². The number of benzene rings is 2. The summed E-state index contributed by atoms with van der Waals surface area (Å²) in [6.07, 6.45) is 1.80. The zero-order chi connectivity index (χ0) is 14.1. The highest BCUT2D eigenvalue weighted by Crippen LogP contribution is 2.21. The number of aromatic nitrogens is 3. The van der Waals surface area contributed by atoms with Crippen molar-refractivity contribution < 1.29 is 4.39 Å². The molecule has 0 saturated carbocycles. The first-order valence-electron chi connectivity index (χ1n) is 6.18. The van der Waals surface area contributed by atoms with Crippen molar-refractivity contribution in [1.82, 2.24) is 15.0 Å². The van der Waals surface area contributed by atoms with Crippen molar-refractivity contribution in [3.8, 4) is 16.9 Å². The molecule has 0 spiro atoms. The molecule has 0 aliphatic heterocycles. The Hall–Kier alpha value is -2.69. The second-order valence-electron chi connectivity index (χ2n) is 4.60. The Bertz CT molecular complexity index is 747. The lowest BCUT2D eigenvalue weighted by Crippen LogP contribution is -1.99. The van der Waals surface area contributed by atoms with Gasteiger partial charge in [-0.2, -0.15) is 0 Å². The second kappa shape index (κ2) is 4.77. The van der Waals surface area contributed by atoms with Gasteiger partial charge in [-0.05, 0) is 48.9 Å². The zero-order valence-electron chi connectivity index (χ0n) is 10.9. The largest absolute Gasteiger partial charge is 0.399 e. The van der Waals surface area contributed by atoms with E-state index in [9.17, 15) is 4.39 Å². The van der Waals surface area contributed by atoms with Crippen molar-refractivity contribution in [3.05, 3.63) is 60.0 Å². The average molecular weight is 268 g/mol. The SMILES string of the molecule is Cc1ccc(N)cc1-n1cc(-c2ccc(F)cc2)nn1. The fourth-order valence-corrected chi connectivity index (χ4v) is 2.01. The first-order valence-corrected chi connectivity index (χ1v) is 6.18. The normalized spacial score (nSPS) is 10.7. The number of halogens is 1. The Labute approximate surface area is 115 Å². The standard InChI is InChI=1S/C15H13FN4/c1-10-2-7-13(17)8-15(10)20-9-14(18-19-20)11-3-5-12(16)6-4-11/h2-9H,17H2,1H3. The summed E-state index contributed by atoms with van der Waals surface area (Å²) in [6.45, 7) is 1.98. The van der Waals surface area contributed by atoms with Crippen molar-refractivity contribution in [1.29, 1.82) is 0 Å². The molecule has 3 rings (SSSR count). The molecule has 0 bridgehead atoms. The van der Waals surface area contributed by atoms with Crippen LogP contribution < -0.4 is 5.73 Å². The maximum atomic E-state index is 12.9. The van der Waals surface area contributed by atoms with Crippen molar-refractivity contribution in [3.63, 3.8) is 0 Å². The van der Waals surface area contributed by atoms with Crippen LogP contribution in [0.5, 0.6) is 0 Å². The lowest BCUT2D eigenvalue weighted by molar-refractivity contribution is 0.628. The van der Waals surface area contributed by atoms with Crippen LogP contribution >= 0.6 is 0 Å². The summed E-state index contributed by atoms with van der Waals surface area (Å²) in [5.74, 6) is -0.271. The molecule has 2 aromatic carbocycles. The van der Waals surface area contributed by atoms with E-state index < -0.39 is 0 Å². The third kappa shape index (κ3) is 2.25. The maximum absolute atomic E-state index is 12.9. The number of nitrogens with two attached hydrogens (primary N) is 1. The average Bonchev–Trinajstić information content (AvgIpc) is 2.92. The molecule has 4 nitrogen and oxygen atoms in total. The highest BCUT2D eigenvalue weighted by molar-refractivity contribution is 5.59. The summed E-state index contributed by atoms with van der Waals surface area (Å²) >= 11 is 0. The maximum Gasteiger partial charge on any atom is 0.123 e. The Morgan fingerprint density at radius 1 is 1.10 bits per heavy atom. The van der Waals surface area contributed by atoms with E-state index in [1.807, 2.05) is 25.1 Å². The number of hydrogen-bond donors (Lipinski definition) is 1. The third-order valence-electron chi connectivity index (χ3n) is 3.11. The molecule has 1 heterocycles. The van der Waals surface area contributed by atoms with E-state index in [2.05, 4.69) is 10.3 Å². The van der Waals surface area contributed by atoms with Crippen molar-refractivity contribution in [2.75, 3.05) is 5.73 Å². The summed E-state index contributed by atoms with van der Waals surface area (Å²) in [4.78, 5) is 0. The summed E-state index contributed by atoms with van der Waals surface area (Å²) in [6, 6.07) is 11.8. The van der Waals surface area contributed by atoms with Crippen LogP contribution in [0.1, 0.15) is 5.56 Å². The van der Waals surface area contributed by atoms with Crippen molar-refractivity contribution in [2.24, 2.45) is 0 Å². The van der Waals surface area contributed by atoms with Crippen LogP contribution in [0.15, 0.2) is 48.7 Å². The van der Waals surface area contributed by atoms with E-state index in [0.717, 1.165) is 16.8 Å². The number of aryl methyl sites for hydroxylation is 1. The fraction of sp³-hybridized carbons (Fsp3) is 0.0667. The molecule has 1 aromatic heterocycles. The minimum absolute atomic E-state index is 0.271. The lowest BCUT2D eigenvalue weighted by atomic mass is 10.1. The highest BCUT2D eigenvalue weighted by Gasteiger charge is 2.07. The first kappa shape index (κ1) is 12.3. The topological polar surface area (TPSA) is 56.7 Å². The Balaban J connectivity index is 2.01. The predicted octanol–water partition coefficient (Wildman–Crippen LogP) is 2.96. The van der Waals surface area contributed by atoms with Crippen LogP contribution in [0.25, 0.3) is 16.9 Å². The molecule has 0 atom stereocenters. The Morgan fingerprint density at radius 2 is 1.85 bits per heavy atom. The van der Waals surface area contributed by atoms with Gasteiger partial charge in [0, 0.05) is 11.3 Å². The third-order valence-corrected chi connectivity index (χ3v) is 3.11. The molecule has 0 fully saturated rings. The molecule has 0 aliphatic carbocycles. The molecular formula is C15H13FN4. The summed E-state index contributed by atoms with van der Waals surface area (Å²) < 4.78 is 14.6. The number of nitrogen functional groups attached to an aromatic ring is 1. The molecule has 0 radical (unpaired) electrons. The Kier molecular flexibility index (Phi) is 2.95. The van der Waals surface area contributed by atoms with Crippen LogP contribution in [-0.2, 0) is 0 Å². The number of hydrogen-bond acceptors (Lipinski definition) is 3. The van der Waals surface area contributed by atoms with Gasteiger partial charge in [-0.3, -0.25) is 0 Å². The van der Waals surface area contributed by atoms with E-state index in [1.165, 1.54) is 12.1 Å². The van der Waals surface area contributed by atoms with Crippen LogP contribution in [0.2, 0.25) is 0 Å². The van der Waals surface area contributed by atoms with Gasteiger partial charge in [0.05, 0.1) is 11.9 Å². The second-order valence-corrected chi connectivity index (χ2v) is 4.60. The van der Waals surface area contributed by atoms with Crippen LogP contribution in [0.4, 0.5) is 10.1 Å². The van der Waals surface area contributed by atoms with Gasteiger partial charge in [0.25, 0.3) is 0 Å². The van der Waals surface area contributed by atoms with Gasteiger partial charge in [-0.25, -0.2) is 9.07 Å². The summed E-state index contributed by atoms with van der Waals surface area (Å²) in [7, 11) is 0. The molecule has 100 valence electrons. The molecule has 0 amide bonds. The number of rotatable bonds is 2. The van der Waals surface area contributed by atoms with Crippen LogP contribution in [0.3, 0.4) is 0 Å². The van der Waals surface area contributed by atoms with Gasteiger partial charge in [-0.15, -0.1) is 5.10 Å². The minimum atomic E-state index is -0.271. The smallest absolute Gasteiger partial charge is 0.123 e. The lowest BCUT2D eigenvalue weighted by Gasteiger charge is -2.05. The van der Waals surface area contributed by atoms with Gasteiger partial charge < -0.3 is 5.73 Å². The number of nitrogens with zero attached hydrogens (tertiary/aromatic N) is 3. The minimum Gasteiger partial charge on any atom is -0.399 e. The number of anilines is 1. The molecule has 0 saturated heterocycles. The molecule has 0 unspecified atom stereocenters. The summed E-state index contributed by atoms with van der Waals surface area (Å²) in [5.41, 5.74) is 9.90. The van der Waals surface area contributed by atoms with Gasteiger partial charge in [0.2, 0.25) is 0 Å². The van der Waals surface area contributed by atoms with Gasteiger partial charge >= 0.3 is 0 Å². The zero-order valence-corrected chi connectivity index (χ0v) is 10.9. The predicted molar refractivity (Wildman–Crippen MR) is 75.9 cm³/mol. The van der Waals surface area contributed by atoms with Crippen molar-refractivity contribution in [2.45, 2.75) is 6.92 Å². The van der Waals surface area contributed by atoms with E-state index in [1.54, 1.807) is 23.0 Å². The van der Waals surface area contributed by atoms with E-state index in [4.69, 9.17) is 5.73 Å². The first-order chi connectivity index (χ1) is 9.63. The monoisotopic (exact) mass is 268 g/mol. The van der Waals surface area contributed by atoms with Crippen LogP contribution in [0, 0.1) is 12.7 Å². The summed E-state index contributed by atoms with van der Waals surface area (Å²) in [5, 5.41) is 8.22. The van der Waals surface area contributed by atoms with E-state index in [-0.39, 0.29) is 5.82 Å². The van der Waals surface area contributed by atoms with Crippen LogP contribution in [-0.4, -0.2) is 15.0 Å². The van der Waals surface area contributed by atoms with Gasteiger partial charge in [-0.1, -0.05) is 11.3 Å². The van der Waals surface area contributed by atoms with Gasteiger partial charge in [0.1, 0.15) is 11.5 Å². The quantitative estimate of drug-likeness (QED) is 0.727. The highest BCUT2D eigenvalue weighted by atomic mass is 19.1. The molecule has 2 N–H and O–H groups in total. The molecule has 3 aromatic rings. The van der Waals surface area contributed by atoms with E-state index in [0.29, 0.717) is 11.4 Å².